The molecule has 0 saturated heterocycles. The van der Waals surface area contributed by atoms with Crippen molar-refractivity contribution < 1.29 is 4.79 Å². The van der Waals surface area contributed by atoms with Crippen LogP contribution in [-0.4, -0.2) is 16.1 Å². The van der Waals surface area contributed by atoms with Gasteiger partial charge in [0.1, 0.15) is 11.4 Å². The zero-order chi connectivity index (χ0) is 9.14. The third kappa shape index (κ3) is 1.50. The van der Waals surface area contributed by atoms with Gasteiger partial charge in [0.15, 0.2) is 0 Å². The number of aromatic nitrogens is 2. The third-order valence-corrected chi connectivity index (χ3v) is 2.25. The van der Waals surface area contributed by atoms with Gasteiger partial charge < -0.3 is 4.79 Å². The standard InChI is InChI=1S/C8H11ClN2O/c1-3-7-6(4-5-12)8(9)11(2)10-7/h5H,3-4H2,1-2H3. The second kappa shape index (κ2) is 3.72. The molecule has 66 valence electrons. The highest BCUT2D eigenvalue weighted by atomic mass is 35.5. The number of hydrogen-bond donors (Lipinski definition) is 0. The molecule has 0 aliphatic rings. The fraction of sp³-hybridized carbons (Fsp3) is 0.500. The molecule has 0 atom stereocenters. The summed E-state index contributed by atoms with van der Waals surface area (Å²) in [4.78, 5) is 10.3. The molecule has 0 radical (unpaired) electrons. The van der Waals surface area contributed by atoms with Crippen LogP contribution in [0.25, 0.3) is 0 Å². The highest BCUT2D eigenvalue weighted by Crippen LogP contribution is 2.19. The van der Waals surface area contributed by atoms with Crippen molar-refractivity contribution in [1.29, 1.82) is 0 Å². The van der Waals surface area contributed by atoms with E-state index in [4.69, 9.17) is 11.6 Å². The van der Waals surface area contributed by atoms with Crippen LogP contribution in [0.2, 0.25) is 5.15 Å². The lowest BCUT2D eigenvalue weighted by Gasteiger charge is -1.93. The molecular formula is C8H11ClN2O. The van der Waals surface area contributed by atoms with Gasteiger partial charge in [-0.3, -0.25) is 4.68 Å². The molecule has 0 aliphatic carbocycles. The quantitative estimate of drug-likeness (QED) is 0.669. The molecule has 0 N–H and O–H groups in total. The number of carbonyl (C=O) groups excluding carboxylic acids is 1. The first-order valence-corrected chi connectivity index (χ1v) is 4.22. The Morgan fingerprint density at radius 2 is 2.33 bits per heavy atom. The molecule has 0 saturated carbocycles. The van der Waals surface area contributed by atoms with Crippen molar-refractivity contribution in [2.24, 2.45) is 7.05 Å². The van der Waals surface area contributed by atoms with Crippen LogP contribution in [0.15, 0.2) is 0 Å². The van der Waals surface area contributed by atoms with Gasteiger partial charge in [0, 0.05) is 19.0 Å². The molecule has 0 bridgehead atoms. The number of aryl methyl sites for hydroxylation is 2. The minimum absolute atomic E-state index is 0.357. The van der Waals surface area contributed by atoms with E-state index >= 15 is 0 Å². The zero-order valence-electron chi connectivity index (χ0n) is 7.17. The molecule has 0 fully saturated rings. The summed E-state index contributed by atoms with van der Waals surface area (Å²) in [7, 11) is 1.77. The van der Waals surface area contributed by atoms with Crippen molar-refractivity contribution >= 4 is 17.9 Å². The van der Waals surface area contributed by atoms with Gasteiger partial charge in [0.05, 0.1) is 5.69 Å². The lowest BCUT2D eigenvalue weighted by Crippen LogP contribution is -1.90. The van der Waals surface area contributed by atoms with Gasteiger partial charge in [-0.2, -0.15) is 5.10 Å². The number of halogens is 1. The maximum absolute atomic E-state index is 10.3. The SMILES string of the molecule is CCc1nn(C)c(Cl)c1CC=O. The Kier molecular flexibility index (Phi) is 2.87. The van der Waals surface area contributed by atoms with Crippen molar-refractivity contribution in [2.75, 3.05) is 0 Å². The molecule has 0 spiro atoms. The summed E-state index contributed by atoms with van der Waals surface area (Å²) in [5.74, 6) is 0. The summed E-state index contributed by atoms with van der Waals surface area (Å²) in [6.45, 7) is 1.99. The lowest BCUT2D eigenvalue weighted by atomic mass is 10.1. The second-order valence-corrected chi connectivity index (χ2v) is 2.92. The maximum Gasteiger partial charge on any atom is 0.130 e. The first-order valence-electron chi connectivity index (χ1n) is 3.84. The number of carbonyl (C=O) groups is 1. The van der Waals surface area contributed by atoms with Gasteiger partial charge >= 0.3 is 0 Å². The molecule has 0 unspecified atom stereocenters. The summed E-state index contributed by atoms with van der Waals surface area (Å²) in [5.41, 5.74) is 1.77. The van der Waals surface area contributed by atoms with Crippen molar-refractivity contribution in [3.63, 3.8) is 0 Å². The predicted octanol–water partition coefficient (Wildman–Crippen LogP) is 1.38. The summed E-state index contributed by atoms with van der Waals surface area (Å²) in [6.07, 6.45) is 2.02. The second-order valence-electron chi connectivity index (χ2n) is 2.56. The van der Waals surface area contributed by atoms with E-state index in [0.29, 0.717) is 11.6 Å². The highest BCUT2D eigenvalue weighted by Gasteiger charge is 2.11. The zero-order valence-corrected chi connectivity index (χ0v) is 7.93. The lowest BCUT2D eigenvalue weighted by molar-refractivity contribution is -0.107. The van der Waals surface area contributed by atoms with Crippen LogP contribution in [0.5, 0.6) is 0 Å². The summed E-state index contributed by atoms with van der Waals surface area (Å²) in [6, 6.07) is 0. The van der Waals surface area contributed by atoms with Gasteiger partial charge in [-0.15, -0.1) is 0 Å². The van der Waals surface area contributed by atoms with Crippen LogP contribution >= 0.6 is 11.6 Å². The van der Waals surface area contributed by atoms with Gasteiger partial charge in [-0.1, -0.05) is 18.5 Å². The van der Waals surface area contributed by atoms with Crippen LogP contribution in [0.4, 0.5) is 0 Å². The monoisotopic (exact) mass is 186 g/mol. The Morgan fingerprint density at radius 1 is 1.67 bits per heavy atom. The fourth-order valence-electron chi connectivity index (χ4n) is 1.17. The van der Waals surface area contributed by atoms with Crippen molar-refractivity contribution in [3.8, 4) is 0 Å². The molecule has 1 heterocycles. The normalized spacial score (nSPS) is 10.2. The highest BCUT2D eigenvalue weighted by molar-refractivity contribution is 6.30. The molecule has 1 rings (SSSR count). The average Bonchev–Trinajstić information content (AvgIpc) is 2.33. The maximum atomic E-state index is 10.3. The molecule has 0 amide bonds. The number of rotatable bonds is 3. The minimum atomic E-state index is 0.357. The van der Waals surface area contributed by atoms with Gasteiger partial charge in [-0.05, 0) is 6.42 Å². The molecule has 1 aromatic heterocycles. The third-order valence-electron chi connectivity index (χ3n) is 1.77. The van der Waals surface area contributed by atoms with E-state index in [2.05, 4.69) is 5.10 Å². The van der Waals surface area contributed by atoms with Gasteiger partial charge in [-0.25, -0.2) is 0 Å². The van der Waals surface area contributed by atoms with E-state index in [1.807, 2.05) is 6.92 Å². The van der Waals surface area contributed by atoms with Crippen LogP contribution in [0.1, 0.15) is 18.2 Å². The number of hydrogen-bond acceptors (Lipinski definition) is 2. The van der Waals surface area contributed by atoms with E-state index in [0.717, 1.165) is 24.0 Å². The Morgan fingerprint density at radius 3 is 2.83 bits per heavy atom. The molecule has 0 aliphatic heterocycles. The number of aldehydes is 1. The van der Waals surface area contributed by atoms with Crippen LogP contribution in [0, 0.1) is 0 Å². The predicted molar refractivity (Wildman–Crippen MR) is 47.4 cm³/mol. The van der Waals surface area contributed by atoms with E-state index in [1.165, 1.54) is 0 Å². The van der Waals surface area contributed by atoms with E-state index in [9.17, 15) is 4.79 Å². The molecule has 0 aromatic carbocycles. The van der Waals surface area contributed by atoms with Gasteiger partial charge in [0.2, 0.25) is 0 Å². The smallest absolute Gasteiger partial charge is 0.130 e. The van der Waals surface area contributed by atoms with Crippen molar-refractivity contribution in [2.45, 2.75) is 19.8 Å². The Hall–Kier alpha value is -0.830. The summed E-state index contributed by atoms with van der Waals surface area (Å²) in [5, 5.41) is 4.74. The fourth-order valence-corrected chi connectivity index (χ4v) is 1.39. The largest absolute Gasteiger partial charge is 0.303 e. The van der Waals surface area contributed by atoms with Crippen LogP contribution in [-0.2, 0) is 24.7 Å². The van der Waals surface area contributed by atoms with Crippen LogP contribution in [0.3, 0.4) is 0 Å². The van der Waals surface area contributed by atoms with Crippen LogP contribution < -0.4 is 0 Å². The van der Waals surface area contributed by atoms with Gasteiger partial charge in [0.25, 0.3) is 0 Å². The molecule has 1 aromatic rings. The molecule has 12 heavy (non-hydrogen) atoms. The Bertz CT molecular complexity index is 293. The van der Waals surface area contributed by atoms with Crippen molar-refractivity contribution in [1.82, 2.24) is 9.78 Å². The molecule has 3 nitrogen and oxygen atoms in total. The summed E-state index contributed by atoms with van der Waals surface area (Å²) < 4.78 is 1.60. The molecular weight excluding hydrogens is 176 g/mol. The summed E-state index contributed by atoms with van der Waals surface area (Å²) >= 11 is 5.91. The average molecular weight is 187 g/mol. The first-order chi connectivity index (χ1) is 5.70. The minimum Gasteiger partial charge on any atom is -0.303 e. The number of nitrogens with zero attached hydrogens (tertiary/aromatic N) is 2. The molecule has 4 heteroatoms. The van der Waals surface area contributed by atoms with Crippen molar-refractivity contribution in [3.05, 3.63) is 16.4 Å². The first kappa shape index (κ1) is 9.26. The Balaban J connectivity index is 3.11. The Labute approximate surface area is 76.3 Å². The van der Waals surface area contributed by atoms with E-state index < -0.39 is 0 Å². The van der Waals surface area contributed by atoms with E-state index in [1.54, 1.807) is 11.7 Å². The van der Waals surface area contributed by atoms with E-state index in [-0.39, 0.29) is 0 Å². The topological polar surface area (TPSA) is 34.9 Å².